The fraction of sp³-hybridized carbons (Fsp3) is 0.364. The highest BCUT2D eigenvalue weighted by Crippen LogP contribution is 2.34. The van der Waals surface area contributed by atoms with Gasteiger partial charge >= 0.3 is 0 Å². The Morgan fingerprint density at radius 2 is 2.35 bits per heavy atom. The van der Waals surface area contributed by atoms with Gasteiger partial charge in [0.1, 0.15) is 11.9 Å². The van der Waals surface area contributed by atoms with Gasteiger partial charge in [-0.3, -0.25) is 0 Å². The van der Waals surface area contributed by atoms with Crippen molar-refractivity contribution in [1.29, 1.82) is 0 Å². The van der Waals surface area contributed by atoms with Crippen LogP contribution in [0.1, 0.15) is 18.2 Å². The number of anilines is 1. The number of nitrogens with zero attached hydrogens (tertiary/aromatic N) is 4. The molecular formula is C11H12N4O2. The maximum Gasteiger partial charge on any atom is 0.182 e. The number of aliphatic hydroxyl groups is 1. The van der Waals surface area contributed by atoms with Gasteiger partial charge in [-0.05, 0) is 18.6 Å². The van der Waals surface area contributed by atoms with Crippen molar-refractivity contribution in [3.8, 4) is 0 Å². The Morgan fingerprint density at radius 1 is 1.41 bits per heavy atom. The van der Waals surface area contributed by atoms with Crippen LogP contribution in [0.3, 0.4) is 0 Å². The molecule has 2 unspecified atom stereocenters. The smallest absolute Gasteiger partial charge is 0.182 e. The summed E-state index contributed by atoms with van der Waals surface area (Å²) in [6.45, 7) is 0.740. The van der Waals surface area contributed by atoms with Crippen molar-refractivity contribution >= 4 is 5.82 Å². The van der Waals surface area contributed by atoms with E-state index in [-0.39, 0.29) is 6.04 Å². The Hall–Kier alpha value is -1.95. The number of rotatable bonds is 2. The van der Waals surface area contributed by atoms with E-state index in [1.165, 1.54) is 6.20 Å². The molecule has 2 atom stereocenters. The molecule has 0 aliphatic carbocycles. The van der Waals surface area contributed by atoms with Gasteiger partial charge in [0.2, 0.25) is 0 Å². The van der Waals surface area contributed by atoms with Crippen LogP contribution >= 0.6 is 0 Å². The summed E-state index contributed by atoms with van der Waals surface area (Å²) in [6.07, 6.45) is 3.47. The largest absolute Gasteiger partial charge is 0.390 e. The fourth-order valence-electron chi connectivity index (χ4n) is 2.21. The summed E-state index contributed by atoms with van der Waals surface area (Å²) >= 11 is 0. The van der Waals surface area contributed by atoms with E-state index in [0.29, 0.717) is 12.2 Å². The SMILES string of the molecule is OC1CCN(c2ccccn2)C1c1cnno1. The van der Waals surface area contributed by atoms with Crippen molar-refractivity contribution < 1.29 is 9.63 Å². The van der Waals surface area contributed by atoms with Gasteiger partial charge in [0.05, 0.1) is 12.3 Å². The molecule has 0 radical (unpaired) electrons. The van der Waals surface area contributed by atoms with Crippen LogP contribution in [-0.4, -0.2) is 33.1 Å². The topological polar surface area (TPSA) is 75.3 Å². The zero-order valence-corrected chi connectivity index (χ0v) is 9.10. The van der Waals surface area contributed by atoms with E-state index in [0.717, 1.165) is 12.4 Å². The van der Waals surface area contributed by atoms with Crippen molar-refractivity contribution in [3.63, 3.8) is 0 Å². The first-order valence-electron chi connectivity index (χ1n) is 5.49. The summed E-state index contributed by atoms with van der Waals surface area (Å²) in [6, 6.07) is 5.44. The molecule has 0 amide bonds. The molecule has 88 valence electrons. The van der Waals surface area contributed by atoms with Gasteiger partial charge in [0.25, 0.3) is 0 Å². The summed E-state index contributed by atoms with van der Waals surface area (Å²) in [7, 11) is 0. The molecule has 1 saturated heterocycles. The Kier molecular flexibility index (Phi) is 2.49. The molecule has 3 heterocycles. The zero-order chi connectivity index (χ0) is 11.7. The van der Waals surface area contributed by atoms with Crippen LogP contribution in [0, 0.1) is 0 Å². The first-order chi connectivity index (χ1) is 8.36. The second kappa shape index (κ2) is 4.14. The lowest BCUT2D eigenvalue weighted by Gasteiger charge is -2.24. The number of aliphatic hydroxyl groups excluding tert-OH is 1. The molecule has 1 fully saturated rings. The van der Waals surface area contributed by atoms with E-state index >= 15 is 0 Å². The number of pyridine rings is 1. The molecule has 17 heavy (non-hydrogen) atoms. The van der Waals surface area contributed by atoms with E-state index < -0.39 is 6.10 Å². The summed E-state index contributed by atoms with van der Waals surface area (Å²) in [5.74, 6) is 1.39. The Bertz CT molecular complexity index is 473. The molecule has 0 aromatic carbocycles. The van der Waals surface area contributed by atoms with Gasteiger partial charge in [-0.1, -0.05) is 6.07 Å². The van der Waals surface area contributed by atoms with Crippen LogP contribution in [0.15, 0.2) is 35.1 Å². The monoisotopic (exact) mass is 232 g/mol. The number of hydrogen-bond donors (Lipinski definition) is 1. The van der Waals surface area contributed by atoms with E-state index in [4.69, 9.17) is 4.52 Å². The minimum atomic E-state index is -0.480. The van der Waals surface area contributed by atoms with Crippen LogP contribution in [0.5, 0.6) is 0 Å². The predicted octanol–water partition coefficient (Wildman–Crippen LogP) is 0.777. The minimum Gasteiger partial charge on any atom is -0.390 e. The highest BCUT2D eigenvalue weighted by Gasteiger charge is 2.37. The van der Waals surface area contributed by atoms with E-state index in [2.05, 4.69) is 15.4 Å². The fourth-order valence-corrected chi connectivity index (χ4v) is 2.21. The highest BCUT2D eigenvalue weighted by molar-refractivity contribution is 5.42. The normalized spacial score (nSPS) is 24.2. The molecule has 0 spiro atoms. The predicted molar refractivity (Wildman–Crippen MR) is 59.2 cm³/mol. The third-order valence-corrected chi connectivity index (χ3v) is 2.98. The van der Waals surface area contributed by atoms with E-state index in [1.54, 1.807) is 6.20 Å². The molecule has 0 bridgehead atoms. The van der Waals surface area contributed by atoms with E-state index in [9.17, 15) is 5.11 Å². The maximum atomic E-state index is 10.0. The van der Waals surface area contributed by atoms with Crippen molar-refractivity contribution in [2.24, 2.45) is 0 Å². The lowest BCUT2D eigenvalue weighted by Crippen LogP contribution is -2.27. The van der Waals surface area contributed by atoms with Crippen molar-refractivity contribution in [1.82, 2.24) is 15.4 Å². The summed E-state index contributed by atoms with van der Waals surface area (Å²) in [5.41, 5.74) is 0. The summed E-state index contributed by atoms with van der Waals surface area (Å²) in [5, 5.41) is 17.1. The molecule has 6 heteroatoms. The average Bonchev–Trinajstić information content (AvgIpc) is 2.99. The lowest BCUT2D eigenvalue weighted by atomic mass is 10.1. The minimum absolute atomic E-state index is 0.250. The first kappa shape index (κ1) is 10.2. The molecule has 2 aromatic heterocycles. The molecule has 6 nitrogen and oxygen atoms in total. The quantitative estimate of drug-likeness (QED) is 0.824. The molecular weight excluding hydrogens is 220 g/mol. The van der Waals surface area contributed by atoms with Gasteiger partial charge in [-0.2, -0.15) is 0 Å². The van der Waals surface area contributed by atoms with Crippen molar-refractivity contribution in [3.05, 3.63) is 36.4 Å². The third-order valence-electron chi connectivity index (χ3n) is 2.98. The van der Waals surface area contributed by atoms with E-state index in [1.807, 2.05) is 23.1 Å². The van der Waals surface area contributed by atoms with Gasteiger partial charge in [0, 0.05) is 18.0 Å². The summed E-state index contributed by atoms with van der Waals surface area (Å²) in [4.78, 5) is 6.29. The first-order valence-corrected chi connectivity index (χ1v) is 5.49. The molecule has 1 N–H and O–H groups in total. The maximum absolute atomic E-state index is 10.0. The second-order valence-electron chi connectivity index (χ2n) is 4.00. The Balaban J connectivity index is 1.95. The van der Waals surface area contributed by atoms with Gasteiger partial charge < -0.3 is 14.5 Å². The van der Waals surface area contributed by atoms with Crippen LogP contribution in [0.2, 0.25) is 0 Å². The highest BCUT2D eigenvalue weighted by atomic mass is 16.5. The average molecular weight is 232 g/mol. The molecule has 2 aromatic rings. The summed E-state index contributed by atoms with van der Waals surface area (Å²) < 4.78 is 5.05. The zero-order valence-electron chi connectivity index (χ0n) is 9.10. The Morgan fingerprint density at radius 3 is 3.06 bits per heavy atom. The van der Waals surface area contributed by atoms with Crippen molar-refractivity contribution in [2.45, 2.75) is 18.6 Å². The van der Waals surface area contributed by atoms with Gasteiger partial charge in [0.15, 0.2) is 5.76 Å². The van der Waals surface area contributed by atoms with Gasteiger partial charge in [-0.25, -0.2) is 4.98 Å². The molecule has 3 rings (SSSR count). The van der Waals surface area contributed by atoms with Crippen LogP contribution in [0.4, 0.5) is 5.82 Å². The molecule has 1 aliphatic rings. The van der Waals surface area contributed by atoms with Gasteiger partial charge in [-0.15, -0.1) is 5.10 Å². The number of hydrogen-bond acceptors (Lipinski definition) is 6. The standard InChI is InChI=1S/C11H12N4O2/c16-8-4-6-15(10-3-1-2-5-12-10)11(8)9-7-13-14-17-9/h1-3,5,7-8,11,16H,4,6H2. The van der Waals surface area contributed by atoms with Crippen LogP contribution in [0.25, 0.3) is 0 Å². The Labute approximate surface area is 97.9 Å². The van der Waals surface area contributed by atoms with Crippen LogP contribution in [-0.2, 0) is 0 Å². The lowest BCUT2D eigenvalue weighted by molar-refractivity contribution is 0.150. The third kappa shape index (κ3) is 1.76. The molecule has 0 saturated carbocycles. The molecule has 1 aliphatic heterocycles. The number of aromatic nitrogens is 3. The van der Waals surface area contributed by atoms with Crippen molar-refractivity contribution in [2.75, 3.05) is 11.4 Å². The van der Waals surface area contributed by atoms with Crippen LogP contribution < -0.4 is 4.90 Å². The second-order valence-corrected chi connectivity index (χ2v) is 4.00.